The molecular formula is C19H15FN2O6. The first-order valence-corrected chi connectivity index (χ1v) is 8.17. The highest BCUT2D eigenvalue weighted by molar-refractivity contribution is 6.06. The SMILES string of the molecule is O=C(C[C@@]1(C(=O)O)CC(c2ccc(F)cc2)=NO1)Nc1cccc(C(=O)O)c1. The van der Waals surface area contributed by atoms with E-state index in [0.717, 1.165) is 0 Å². The minimum atomic E-state index is -1.90. The van der Waals surface area contributed by atoms with Crippen LogP contribution in [0.1, 0.15) is 28.8 Å². The number of halogens is 1. The molecule has 3 rings (SSSR count). The van der Waals surface area contributed by atoms with E-state index in [1.54, 1.807) is 0 Å². The van der Waals surface area contributed by atoms with Gasteiger partial charge in [0.2, 0.25) is 11.5 Å². The standard InChI is InChI=1S/C19H15FN2O6/c20-13-6-4-11(5-7-13)15-9-19(18(26)27,28-22-15)10-16(23)21-14-3-1-2-12(8-14)17(24)25/h1-8H,9-10H2,(H,21,23)(H,24,25)(H,26,27)/t19-/m1/s1. The maximum atomic E-state index is 13.1. The summed E-state index contributed by atoms with van der Waals surface area (Å²) in [5, 5.41) is 24.8. The molecule has 1 heterocycles. The maximum Gasteiger partial charge on any atom is 0.351 e. The predicted molar refractivity (Wildman–Crippen MR) is 95.7 cm³/mol. The van der Waals surface area contributed by atoms with Gasteiger partial charge in [0.15, 0.2) is 0 Å². The van der Waals surface area contributed by atoms with Crippen LogP contribution in [0.5, 0.6) is 0 Å². The molecule has 2 aromatic rings. The Morgan fingerprint density at radius 1 is 1.14 bits per heavy atom. The highest BCUT2D eigenvalue weighted by Crippen LogP contribution is 2.31. The number of carbonyl (C=O) groups excluding carboxylic acids is 1. The highest BCUT2D eigenvalue weighted by atomic mass is 19.1. The van der Waals surface area contributed by atoms with Gasteiger partial charge in [0.25, 0.3) is 0 Å². The molecule has 1 aliphatic rings. The Balaban J connectivity index is 1.72. The van der Waals surface area contributed by atoms with E-state index in [2.05, 4.69) is 10.5 Å². The van der Waals surface area contributed by atoms with Crippen LogP contribution < -0.4 is 5.32 Å². The Kier molecular flexibility index (Phi) is 5.08. The molecule has 0 aromatic heterocycles. The first-order valence-electron chi connectivity index (χ1n) is 8.17. The number of carboxylic acids is 2. The zero-order chi connectivity index (χ0) is 20.3. The number of oxime groups is 1. The van der Waals surface area contributed by atoms with Gasteiger partial charge in [0.1, 0.15) is 5.82 Å². The largest absolute Gasteiger partial charge is 0.478 e. The van der Waals surface area contributed by atoms with E-state index < -0.39 is 35.7 Å². The van der Waals surface area contributed by atoms with Gasteiger partial charge in [-0.25, -0.2) is 14.0 Å². The molecule has 0 saturated heterocycles. The lowest BCUT2D eigenvalue weighted by molar-refractivity contribution is -0.165. The van der Waals surface area contributed by atoms with E-state index in [0.29, 0.717) is 5.56 Å². The first kappa shape index (κ1) is 19.0. The average molecular weight is 386 g/mol. The molecule has 3 N–H and O–H groups in total. The molecule has 0 fully saturated rings. The molecule has 1 atom stereocenters. The molecule has 9 heteroatoms. The van der Waals surface area contributed by atoms with Crippen LogP contribution in [0.25, 0.3) is 0 Å². The van der Waals surface area contributed by atoms with Crippen molar-refractivity contribution in [2.75, 3.05) is 5.32 Å². The molecular weight excluding hydrogens is 371 g/mol. The summed E-state index contributed by atoms with van der Waals surface area (Å²) >= 11 is 0. The van der Waals surface area contributed by atoms with Crippen molar-refractivity contribution in [1.82, 2.24) is 0 Å². The third-order valence-electron chi connectivity index (χ3n) is 4.19. The van der Waals surface area contributed by atoms with Crippen molar-refractivity contribution in [3.05, 3.63) is 65.5 Å². The normalized spacial score (nSPS) is 18.1. The van der Waals surface area contributed by atoms with Crippen molar-refractivity contribution < 1.29 is 33.8 Å². The Morgan fingerprint density at radius 2 is 1.86 bits per heavy atom. The summed E-state index contributed by atoms with van der Waals surface area (Å²) in [6.07, 6.45) is -0.732. The number of hydrogen-bond acceptors (Lipinski definition) is 5. The summed E-state index contributed by atoms with van der Waals surface area (Å²) in [5.74, 6) is -3.66. The second-order valence-electron chi connectivity index (χ2n) is 6.22. The number of carboxylic acid groups (broad SMARTS) is 2. The van der Waals surface area contributed by atoms with Gasteiger partial charge in [-0.1, -0.05) is 23.4 Å². The van der Waals surface area contributed by atoms with Gasteiger partial charge >= 0.3 is 11.9 Å². The number of aromatic carboxylic acids is 1. The number of anilines is 1. The van der Waals surface area contributed by atoms with E-state index in [1.165, 1.54) is 48.5 Å². The van der Waals surface area contributed by atoms with Crippen LogP contribution in [-0.2, 0) is 14.4 Å². The van der Waals surface area contributed by atoms with Gasteiger partial charge in [0, 0.05) is 12.1 Å². The van der Waals surface area contributed by atoms with Crippen molar-refractivity contribution in [3.8, 4) is 0 Å². The van der Waals surface area contributed by atoms with Gasteiger partial charge in [-0.3, -0.25) is 4.79 Å². The summed E-state index contributed by atoms with van der Waals surface area (Å²) < 4.78 is 13.1. The molecule has 1 aliphatic heterocycles. The molecule has 0 aliphatic carbocycles. The van der Waals surface area contributed by atoms with Crippen molar-refractivity contribution in [2.45, 2.75) is 18.4 Å². The third-order valence-corrected chi connectivity index (χ3v) is 4.19. The van der Waals surface area contributed by atoms with Crippen molar-refractivity contribution in [3.63, 3.8) is 0 Å². The van der Waals surface area contributed by atoms with Crippen molar-refractivity contribution in [2.24, 2.45) is 5.16 Å². The zero-order valence-corrected chi connectivity index (χ0v) is 14.4. The van der Waals surface area contributed by atoms with E-state index in [9.17, 15) is 23.9 Å². The molecule has 0 unspecified atom stereocenters. The summed E-state index contributed by atoms with van der Waals surface area (Å²) in [4.78, 5) is 40.2. The Bertz CT molecular complexity index is 973. The van der Waals surface area contributed by atoms with E-state index in [1.807, 2.05) is 0 Å². The van der Waals surface area contributed by atoms with Crippen LogP contribution in [0.15, 0.2) is 53.7 Å². The Morgan fingerprint density at radius 3 is 2.50 bits per heavy atom. The zero-order valence-electron chi connectivity index (χ0n) is 14.4. The smallest absolute Gasteiger partial charge is 0.351 e. The fourth-order valence-electron chi connectivity index (χ4n) is 2.75. The molecule has 1 amide bonds. The second kappa shape index (κ2) is 7.47. The summed E-state index contributed by atoms with van der Waals surface area (Å²) in [5.41, 5.74) is -0.951. The topological polar surface area (TPSA) is 125 Å². The predicted octanol–water partition coefficient (Wildman–Crippen LogP) is 2.50. The summed E-state index contributed by atoms with van der Waals surface area (Å²) in [6, 6.07) is 10.8. The van der Waals surface area contributed by atoms with Crippen LogP contribution in [0.4, 0.5) is 10.1 Å². The van der Waals surface area contributed by atoms with Crippen LogP contribution in [0.3, 0.4) is 0 Å². The number of carbonyl (C=O) groups is 3. The molecule has 28 heavy (non-hydrogen) atoms. The molecule has 0 bridgehead atoms. The lowest BCUT2D eigenvalue weighted by Crippen LogP contribution is -2.42. The number of nitrogens with zero attached hydrogens (tertiary/aromatic N) is 1. The van der Waals surface area contributed by atoms with Gasteiger partial charge in [0.05, 0.1) is 17.7 Å². The fourth-order valence-corrected chi connectivity index (χ4v) is 2.75. The number of benzene rings is 2. The van der Waals surface area contributed by atoms with Gasteiger partial charge in [-0.05, 0) is 35.9 Å². The average Bonchev–Trinajstić information content (AvgIpc) is 3.07. The van der Waals surface area contributed by atoms with E-state index in [4.69, 9.17) is 9.94 Å². The van der Waals surface area contributed by atoms with Gasteiger partial charge in [-0.2, -0.15) is 0 Å². The molecule has 0 radical (unpaired) electrons. The number of hydrogen-bond donors (Lipinski definition) is 3. The van der Waals surface area contributed by atoms with Gasteiger partial charge in [-0.15, -0.1) is 0 Å². The van der Waals surface area contributed by atoms with Crippen LogP contribution in [0.2, 0.25) is 0 Å². The molecule has 8 nitrogen and oxygen atoms in total. The van der Waals surface area contributed by atoms with Crippen LogP contribution in [-0.4, -0.2) is 39.4 Å². The van der Waals surface area contributed by atoms with Crippen molar-refractivity contribution in [1.29, 1.82) is 0 Å². The molecule has 144 valence electrons. The van der Waals surface area contributed by atoms with E-state index in [-0.39, 0.29) is 23.4 Å². The summed E-state index contributed by atoms with van der Waals surface area (Å²) in [7, 11) is 0. The lowest BCUT2D eigenvalue weighted by atomic mass is 9.90. The highest BCUT2D eigenvalue weighted by Gasteiger charge is 2.49. The van der Waals surface area contributed by atoms with E-state index >= 15 is 0 Å². The number of aliphatic carboxylic acids is 1. The minimum Gasteiger partial charge on any atom is -0.478 e. The lowest BCUT2D eigenvalue weighted by Gasteiger charge is -2.21. The Labute approximate surface area is 158 Å². The molecule has 2 aromatic carbocycles. The first-order chi connectivity index (χ1) is 13.3. The number of nitrogens with one attached hydrogen (secondary N) is 1. The second-order valence-corrected chi connectivity index (χ2v) is 6.22. The number of rotatable bonds is 6. The fraction of sp³-hybridized carbons (Fsp3) is 0.158. The summed E-state index contributed by atoms with van der Waals surface area (Å²) in [6.45, 7) is 0. The van der Waals surface area contributed by atoms with Crippen LogP contribution >= 0.6 is 0 Å². The number of amides is 1. The Hall–Kier alpha value is -3.75. The third kappa shape index (κ3) is 3.98. The van der Waals surface area contributed by atoms with Crippen molar-refractivity contribution >= 4 is 29.2 Å². The van der Waals surface area contributed by atoms with Crippen LogP contribution in [0, 0.1) is 5.82 Å². The molecule has 0 spiro atoms. The quantitative estimate of drug-likeness (QED) is 0.700. The minimum absolute atomic E-state index is 0.0233. The molecule has 0 saturated carbocycles. The monoisotopic (exact) mass is 386 g/mol. The maximum absolute atomic E-state index is 13.1. The van der Waals surface area contributed by atoms with Gasteiger partial charge < -0.3 is 20.4 Å².